The van der Waals surface area contributed by atoms with Gasteiger partial charge in [-0.15, -0.1) is 10.2 Å². The smallest absolute Gasteiger partial charge is 0.250 e. The number of carbonyl (C=O) groups excluding carboxylic acids is 1. The van der Waals surface area contributed by atoms with E-state index >= 15 is 0 Å². The number of hydrogen-bond donors (Lipinski definition) is 1. The molecule has 0 radical (unpaired) electrons. The number of benzene rings is 3. The molecule has 0 saturated carbocycles. The van der Waals surface area contributed by atoms with Crippen LogP contribution in [0.25, 0.3) is 16.8 Å². The van der Waals surface area contributed by atoms with Crippen molar-refractivity contribution in [3.05, 3.63) is 89.0 Å². The molecule has 0 aliphatic rings. The molecule has 0 aliphatic carbocycles. The molecule has 4 aromatic rings. The highest BCUT2D eigenvalue weighted by molar-refractivity contribution is 8.00. The van der Waals surface area contributed by atoms with Gasteiger partial charge in [-0.25, -0.2) is 0 Å². The second kappa shape index (κ2) is 9.22. The summed E-state index contributed by atoms with van der Waals surface area (Å²) >= 11 is 9.05. The molecule has 0 spiro atoms. The predicted octanol–water partition coefficient (Wildman–Crippen LogP) is 6.29. The second-order valence-electron chi connectivity index (χ2n) is 6.14. The Hall–Kier alpha value is -2.67. The average molecular weight is 438 g/mol. The van der Waals surface area contributed by atoms with E-state index in [2.05, 4.69) is 45.8 Å². The molecule has 3 aromatic carbocycles. The lowest BCUT2D eigenvalue weighted by atomic mass is 10.1. The third kappa shape index (κ3) is 5.03. The standard InChI is InChI=1S/C22H16ClN3OS2/c23-19-11-4-2-7-16(19)12-13-20(27)24-21-25-26-22(29-21)28-14-17-9-5-8-15-6-1-3-10-18(15)17/h1-13H,14H2,(H,24,25,27). The zero-order valence-corrected chi connectivity index (χ0v) is 17.6. The molecule has 1 aromatic heterocycles. The molecule has 1 amide bonds. The summed E-state index contributed by atoms with van der Waals surface area (Å²) < 4.78 is 0.809. The van der Waals surface area contributed by atoms with Gasteiger partial charge in [-0.05, 0) is 34.0 Å². The molecule has 0 unspecified atom stereocenters. The summed E-state index contributed by atoms with van der Waals surface area (Å²) in [6, 6.07) is 22.0. The molecule has 7 heteroatoms. The first-order chi connectivity index (χ1) is 14.2. The Balaban J connectivity index is 1.37. The number of nitrogens with zero attached hydrogens (tertiary/aromatic N) is 2. The minimum absolute atomic E-state index is 0.272. The van der Waals surface area contributed by atoms with E-state index in [0.29, 0.717) is 10.2 Å². The largest absolute Gasteiger partial charge is 0.297 e. The van der Waals surface area contributed by atoms with Crippen LogP contribution in [0.1, 0.15) is 11.1 Å². The monoisotopic (exact) mass is 437 g/mol. The Kier molecular flexibility index (Phi) is 6.24. The Bertz CT molecular complexity index is 1180. The van der Waals surface area contributed by atoms with Gasteiger partial charge in [-0.1, -0.05) is 95.4 Å². The fourth-order valence-corrected chi connectivity index (χ4v) is 4.76. The number of thioether (sulfide) groups is 1. The highest BCUT2D eigenvalue weighted by atomic mass is 35.5. The molecule has 0 aliphatic heterocycles. The molecule has 0 bridgehead atoms. The van der Waals surface area contributed by atoms with Crippen molar-refractivity contribution >= 4 is 62.6 Å². The van der Waals surface area contributed by atoms with Crippen LogP contribution in [0, 0.1) is 0 Å². The summed E-state index contributed by atoms with van der Waals surface area (Å²) in [7, 11) is 0. The first-order valence-corrected chi connectivity index (χ1v) is 11.0. The number of hydrogen-bond acceptors (Lipinski definition) is 5. The van der Waals surface area contributed by atoms with E-state index in [4.69, 9.17) is 11.6 Å². The van der Waals surface area contributed by atoms with Gasteiger partial charge >= 0.3 is 0 Å². The zero-order chi connectivity index (χ0) is 20.1. The lowest BCUT2D eigenvalue weighted by Crippen LogP contribution is -2.07. The number of nitrogens with one attached hydrogen (secondary N) is 1. The lowest BCUT2D eigenvalue weighted by Gasteiger charge is -2.04. The maximum atomic E-state index is 12.1. The number of halogens is 1. The van der Waals surface area contributed by atoms with Crippen molar-refractivity contribution in [1.82, 2.24) is 10.2 Å². The average Bonchev–Trinajstić information content (AvgIpc) is 3.19. The molecule has 144 valence electrons. The topological polar surface area (TPSA) is 54.9 Å². The van der Waals surface area contributed by atoms with Crippen LogP contribution in [0.2, 0.25) is 5.02 Å². The van der Waals surface area contributed by atoms with Gasteiger partial charge in [0.05, 0.1) is 0 Å². The molecule has 4 nitrogen and oxygen atoms in total. The number of carbonyl (C=O) groups is 1. The van der Waals surface area contributed by atoms with Gasteiger partial charge in [0.25, 0.3) is 0 Å². The Morgan fingerprint density at radius 3 is 2.72 bits per heavy atom. The maximum Gasteiger partial charge on any atom is 0.250 e. The van der Waals surface area contributed by atoms with E-state index in [-0.39, 0.29) is 5.91 Å². The minimum atomic E-state index is -0.272. The molecule has 29 heavy (non-hydrogen) atoms. The number of rotatable bonds is 6. The Labute approximate surface area is 181 Å². The van der Waals surface area contributed by atoms with E-state index in [1.807, 2.05) is 30.3 Å². The van der Waals surface area contributed by atoms with Gasteiger partial charge in [0.15, 0.2) is 4.34 Å². The fourth-order valence-electron chi connectivity index (χ4n) is 2.80. The molecular weight excluding hydrogens is 422 g/mol. The lowest BCUT2D eigenvalue weighted by molar-refractivity contribution is -0.111. The van der Waals surface area contributed by atoms with Crippen LogP contribution in [0.4, 0.5) is 5.13 Å². The van der Waals surface area contributed by atoms with Crippen molar-refractivity contribution in [2.75, 3.05) is 5.32 Å². The van der Waals surface area contributed by atoms with Crippen molar-refractivity contribution < 1.29 is 4.79 Å². The molecule has 1 heterocycles. The summed E-state index contributed by atoms with van der Waals surface area (Å²) in [6.45, 7) is 0. The maximum absolute atomic E-state index is 12.1. The quantitative estimate of drug-likeness (QED) is 0.219. The van der Waals surface area contributed by atoms with Gasteiger partial charge in [0, 0.05) is 16.9 Å². The van der Waals surface area contributed by atoms with E-state index in [9.17, 15) is 4.79 Å². The molecule has 0 saturated heterocycles. The van der Waals surface area contributed by atoms with Crippen molar-refractivity contribution in [2.24, 2.45) is 0 Å². The summed E-state index contributed by atoms with van der Waals surface area (Å²) in [5.41, 5.74) is 2.03. The first-order valence-electron chi connectivity index (χ1n) is 8.85. The Morgan fingerprint density at radius 1 is 1.03 bits per heavy atom. The van der Waals surface area contributed by atoms with Crippen LogP contribution in [-0.2, 0) is 10.5 Å². The summed E-state index contributed by atoms with van der Waals surface area (Å²) in [4.78, 5) is 12.1. The summed E-state index contributed by atoms with van der Waals surface area (Å²) in [5, 5.41) is 14.5. The van der Waals surface area contributed by atoms with Crippen LogP contribution < -0.4 is 5.32 Å². The summed E-state index contributed by atoms with van der Waals surface area (Å²) in [6.07, 6.45) is 3.11. The Morgan fingerprint density at radius 2 is 1.83 bits per heavy atom. The third-order valence-electron chi connectivity index (χ3n) is 4.19. The van der Waals surface area contributed by atoms with Gasteiger partial charge in [-0.3, -0.25) is 10.1 Å². The number of anilines is 1. The van der Waals surface area contributed by atoms with Gasteiger partial charge in [-0.2, -0.15) is 0 Å². The van der Waals surface area contributed by atoms with Gasteiger partial charge in [0.1, 0.15) is 0 Å². The van der Waals surface area contributed by atoms with E-state index in [0.717, 1.165) is 15.7 Å². The molecular formula is C22H16ClN3OS2. The highest BCUT2D eigenvalue weighted by Crippen LogP contribution is 2.30. The number of amides is 1. The fraction of sp³-hybridized carbons (Fsp3) is 0.0455. The second-order valence-corrected chi connectivity index (χ2v) is 8.75. The van der Waals surface area contributed by atoms with Crippen LogP contribution in [-0.4, -0.2) is 16.1 Å². The van der Waals surface area contributed by atoms with Crippen LogP contribution in [0.15, 0.2) is 77.1 Å². The van der Waals surface area contributed by atoms with Crippen molar-refractivity contribution in [3.8, 4) is 0 Å². The van der Waals surface area contributed by atoms with E-state index < -0.39 is 0 Å². The molecule has 1 N–H and O–H groups in total. The molecule has 0 atom stereocenters. The van der Waals surface area contributed by atoms with Crippen LogP contribution >= 0.6 is 34.7 Å². The minimum Gasteiger partial charge on any atom is -0.297 e. The first kappa shape index (κ1) is 19.6. The van der Waals surface area contributed by atoms with Crippen molar-refractivity contribution in [2.45, 2.75) is 10.1 Å². The predicted molar refractivity (Wildman–Crippen MR) is 123 cm³/mol. The van der Waals surface area contributed by atoms with E-state index in [1.165, 1.54) is 33.7 Å². The van der Waals surface area contributed by atoms with Crippen molar-refractivity contribution in [3.63, 3.8) is 0 Å². The van der Waals surface area contributed by atoms with Gasteiger partial charge in [0.2, 0.25) is 11.0 Å². The zero-order valence-electron chi connectivity index (χ0n) is 15.2. The number of aromatic nitrogens is 2. The van der Waals surface area contributed by atoms with E-state index in [1.54, 1.807) is 23.9 Å². The highest BCUT2D eigenvalue weighted by Gasteiger charge is 2.08. The number of fused-ring (bicyclic) bond motifs is 1. The van der Waals surface area contributed by atoms with Crippen LogP contribution in [0.5, 0.6) is 0 Å². The van der Waals surface area contributed by atoms with Gasteiger partial charge < -0.3 is 0 Å². The summed E-state index contributed by atoms with van der Waals surface area (Å²) in [5.74, 6) is 0.516. The SMILES string of the molecule is O=C(C=Cc1ccccc1Cl)Nc1nnc(SCc2cccc3ccccc23)s1. The van der Waals surface area contributed by atoms with Crippen LogP contribution in [0.3, 0.4) is 0 Å². The molecule has 0 fully saturated rings. The van der Waals surface area contributed by atoms with Crippen molar-refractivity contribution in [1.29, 1.82) is 0 Å². The normalized spacial score (nSPS) is 11.2. The third-order valence-corrected chi connectivity index (χ3v) is 6.55. The molecule has 4 rings (SSSR count).